The largest absolute Gasteiger partial charge is 0.370 e. The zero-order valence-corrected chi connectivity index (χ0v) is 9.19. The second-order valence-corrected chi connectivity index (χ2v) is 3.69. The SMILES string of the molecule is C=NN(CC)c1ccccc1N1CCC1. The van der Waals surface area contributed by atoms with Crippen molar-refractivity contribution in [1.82, 2.24) is 0 Å². The summed E-state index contributed by atoms with van der Waals surface area (Å²) in [6.07, 6.45) is 1.29. The second kappa shape index (κ2) is 4.34. The predicted octanol–water partition coefficient (Wildman–Crippen LogP) is 2.34. The Balaban J connectivity index is 2.31. The van der Waals surface area contributed by atoms with E-state index in [0.29, 0.717) is 0 Å². The Hall–Kier alpha value is -1.51. The van der Waals surface area contributed by atoms with E-state index in [2.05, 4.69) is 41.8 Å². The van der Waals surface area contributed by atoms with E-state index in [1.807, 2.05) is 11.1 Å². The van der Waals surface area contributed by atoms with Crippen molar-refractivity contribution in [3.8, 4) is 0 Å². The molecule has 3 nitrogen and oxygen atoms in total. The highest BCUT2D eigenvalue weighted by molar-refractivity contribution is 5.72. The van der Waals surface area contributed by atoms with Gasteiger partial charge < -0.3 is 4.90 Å². The molecule has 15 heavy (non-hydrogen) atoms. The smallest absolute Gasteiger partial charge is 0.0826 e. The van der Waals surface area contributed by atoms with Gasteiger partial charge in [0, 0.05) is 26.4 Å². The quantitative estimate of drug-likeness (QED) is 0.552. The van der Waals surface area contributed by atoms with Crippen LogP contribution >= 0.6 is 0 Å². The minimum atomic E-state index is 0.856. The highest BCUT2D eigenvalue weighted by atomic mass is 15.4. The summed E-state index contributed by atoms with van der Waals surface area (Å²) in [5, 5.41) is 5.97. The van der Waals surface area contributed by atoms with Crippen LogP contribution in [0.2, 0.25) is 0 Å². The topological polar surface area (TPSA) is 18.8 Å². The average molecular weight is 203 g/mol. The molecule has 0 spiro atoms. The van der Waals surface area contributed by atoms with Gasteiger partial charge in [0.1, 0.15) is 0 Å². The van der Waals surface area contributed by atoms with Gasteiger partial charge in [-0.1, -0.05) is 12.1 Å². The normalized spacial score (nSPS) is 14.6. The number of para-hydroxylation sites is 2. The fourth-order valence-electron chi connectivity index (χ4n) is 1.85. The number of rotatable bonds is 4. The molecule has 0 unspecified atom stereocenters. The zero-order chi connectivity index (χ0) is 10.7. The maximum absolute atomic E-state index is 4.03. The first-order valence-corrected chi connectivity index (χ1v) is 5.45. The molecule has 1 aromatic carbocycles. The first-order valence-electron chi connectivity index (χ1n) is 5.45. The molecule has 0 saturated carbocycles. The molecule has 1 aliphatic rings. The van der Waals surface area contributed by atoms with E-state index < -0.39 is 0 Å². The monoisotopic (exact) mass is 203 g/mol. The minimum Gasteiger partial charge on any atom is -0.370 e. The van der Waals surface area contributed by atoms with Crippen LogP contribution in [0.5, 0.6) is 0 Å². The van der Waals surface area contributed by atoms with Gasteiger partial charge in [-0.15, -0.1) is 0 Å². The average Bonchev–Trinajstić information content (AvgIpc) is 2.20. The van der Waals surface area contributed by atoms with Crippen LogP contribution in [-0.4, -0.2) is 26.4 Å². The molecule has 2 rings (SSSR count). The molecule has 0 atom stereocenters. The molecule has 0 aromatic heterocycles. The molecule has 0 amide bonds. The van der Waals surface area contributed by atoms with Gasteiger partial charge in [0.15, 0.2) is 0 Å². The molecule has 1 aromatic rings. The predicted molar refractivity (Wildman–Crippen MR) is 65.8 cm³/mol. The van der Waals surface area contributed by atoms with Crippen LogP contribution in [-0.2, 0) is 0 Å². The molecule has 1 heterocycles. The number of hydrogen-bond acceptors (Lipinski definition) is 3. The molecule has 3 heteroatoms. The standard InChI is InChI=1S/C12H17N3/c1-3-15(13-2)12-8-5-4-7-11(12)14-9-6-10-14/h4-5,7-8H,2-3,6,9-10H2,1H3. The summed E-state index contributed by atoms with van der Waals surface area (Å²) in [6.45, 7) is 8.87. The first kappa shape index (κ1) is 10.0. The molecule has 1 fully saturated rings. The van der Waals surface area contributed by atoms with Gasteiger partial charge in [0.25, 0.3) is 0 Å². The summed E-state index contributed by atoms with van der Waals surface area (Å²) in [4.78, 5) is 2.38. The summed E-state index contributed by atoms with van der Waals surface area (Å²) in [5.74, 6) is 0. The van der Waals surface area contributed by atoms with Crippen molar-refractivity contribution in [2.75, 3.05) is 29.5 Å². The molecule has 1 saturated heterocycles. The van der Waals surface area contributed by atoms with E-state index in [4.69, 9.17) is 0 Å². The maximum atomic E-state index is 4.03. The fourth-order valence-corrected chi connectivity index (χ4v) is 1.85. The third-order valence-corrected chi connectivity index (χ3v) is 2.83. The Morgan fingerprint density at radius 3 is 2.67 bits per heavy atom. The Morgan fingerprint density at radius 2 is 2.13 bits per heavy atom. The van der Waals surface area contributed by atoms with Crippen LogP contribution < -0.4 is 9.91 Å². The second-order valence-electron chi connectivity index (χ2n) is 3.69. The van der Waals surface area contributed by atoms with Crippen LogP contribution in [0.3, 0.4) is 0 Å². The highest BCUT2D eigenvalue weighted by Crippen LogP contribution is 2.31. The molecule has 1 aliphatic heterocycles. The molecule has 0 bridgehead atoms. The van der Waals surface area contributed by atoms with E-state index in [1.165, 1.54) is 12.1 Å². The lowest BCUT2D eigenvalue weighted by Gasteiger charge is -2.36. The van der Waals surface area contributed by atoms with Gasteiger partial charge in [-0.3, -0.25) is 5.01 Å². The molecule has 0 N–H and O–H groups in total. The Labute approximate surface area is 91.0 Å². The maximum Gasteiger partial charge on any atom is 0.0826 e. The van der Waals surface area contributed by atoms with E-state index in [-0.39, 0.29) is 0 Å². The number of anilines is 2. The fraction of sp³-hybridized carbons (Fsp3) is 0.417. The Kier molecular flexibility index (Phi) is 2.90. The molecule has 80 valence electrons. The summed E-state index contributed by atoms with van der Waals surface area (Å²) >= 11 is 0. The third kappa shape index (κ3) is 1.82. The van der Waals surface area contributed by atoms with Gasteiger partial charge >= 0.3 is 0 Å². The lowest BCUT2D eigenvalue weighted by Crippen LogP contribution is -2.38. The molecular formula is C12H17N3. The number of nitrogens with zero attached hydrogens (tertiary/aromatic N) is 3. The summed E-state index contributed by atoms with van der Waals surface area (Å²) in [7, 11) is 0. The van der Waals surface area contributed by atoms with Crippen LogP contribution in [0.4, 0.5) is 11.4 Å². The lowest BCUT2D eigenvalue weighted by molar-refractivity contribution is 0.616. The van der Waals surface area contributed by atoms with E-state index in [0.717, 1.165) is 25.3 Å². The summed E-state index contributed by atoms with van der Waals surface area (Å²) < 4.78 is 0. The third-order valence-electron chi connectivity index (χ3n) is 2.83. The number of hydrogen-bond donors (Lipinski definition) is 0. The number of hydrazone groups is 1. The van der Waals surface area contributed by atoms with Gasteiger partial charge in [-0.05, 0) is 25.5 Å². The highest BCUT2D eigenvalue weighted by Gasteiger charge is 2.19. The van der Waals surface area contributed by atoms with Crippen LogP contribution in [0.1, 0.15) is 13.3 Å². The van der Waals surface area contributed by atoms with Crippen LogP contribution in [0.25, 0.3) is 0 Å². The number of benzene rings is 1. The van der Waals surface area contributed by atoms with Crippen molar-refractivity contribution in [2.24, 2.45) is 5.10 Å². The van der Waals surface area contributed by atoms with Crippen molar-refractivity contribution in [3.05, 3.63) is 24.3 Å². The van der Waals surface area contributed by atoms with Crippen LogP contribution in [0, 0.1) is 0 Å². The van der Waals surface area contributed by atoms with Crippen molar-refractivity contribution in [1.29, 1.82) is 0 Å². The van der Waals surface area contributed by atoms with Crippen molar-refractivity contribution in [3.63, 3.8) is 0 Å². The van der Waals surface area contributed by atoms with E-state index >= 15 is 0 Å². The van der Waals surface area contributed by atoms with Gasteiger partial charge in [-0.25, -0.2) is 0 Å². The van der Waals surface area contributed by atoms with Gasteiger partial charge in [-0.2, -0.15) is 5.10 Å². The Morgan fingerprint density at radius 1 is 1.40 bits per heavy atom. The summed E-state index contributed by atoms with van der Waals surface area (Å²) in [6, 6.07) is 8.38. The molecule has 0 aliphatic carbocycles. The molecular weight excluding hydrogens is 186 g/mol. The molecule has 0 radical (unpaired) electrons. The first-order chi connectivity index (χ1) is 7.36. The zero-order valence-electron chi connectivity index (χ0n) is 9.19. The van der Waals surface area contributed by atoms with E-state index in [1.54, 1.807) is 0 Å². The lowest BCUT2D eigenvalue weighted by atomic mass is 10.1. The summed E-state index contributed by atoms with van der Waals surface area (Å²) in [5.41, 5.74) is 2.44. The van der Waals surface area contributed by atoms with Crippen molar-refractivity contribution < 1.29 is 0 Å². The van der Waals surface area contributed by atoms with Gasteiger partial charge in [0.05, 0.1) is 11.4 Å². The van der Waals surface area contributed by atoms with Crippen molar-refractivity contribution >= 4 is 18.1 Å². The van der Waals surface area contributed by atoms with Gasteiger partial charge in [0.2, 0.25) is 0 Å². The van der Waals surface area contributed by atoms with Crippen molar-refractivity contribution in [2.45, 2.75) is 13.3 Å². The van der Waals surface area contributed by atoms with E-state index in [9.17, 15) is 0 Å². The van der Waals surface area contributed by atoms with Crippen LogP contribution in [0.15, 0.2) is 29.4 Å². The Bertz CT molecular complexity index is 344. The minimum absolute atomic E-state index is 0.856.